The van der Waals surface area contributed by atoms with Crippen LogP contribution in [0, 0.1) is 5.82 Å². The summed E-state index contributed by atoms with van der Waals surface area (Å²) in [5.41, 5.74) is 1.62. The third kappa shape index (κ3) is 5.54. The van der Waals surface area contributed by atoms with Gasteiger partial charge in [0.05, 0.1) is 6.20 Å². The number of ether oxygens (including phenoxy) is 1. The zero-order valence-electron chi connectivity index (χ0n) is 16.6. The van der Waals surface area contributed by atoms with E-state index in [1.807, 2.05) is 30.3 Å². The van der Waals surface area contributed by atoms with Gasteiger partial charge < -0.3 is 14.5 Å². The van der Waals surface area contributed by atoms with Crippen molar-refractivity contribution in [1.29, 1.82) is 0 Å². The van der Waals surface area contributed by atoms with Crippen LogP contribution in [0.1, 0.15) is 17.9 Å². The summed E-state index contributed by atoms with van der Waals surface area (Å²) >= 11 is 0. The van der Waals surface area contributed by atoms with Crippen LogP contribution in [0.25, 0.3) is 11.3 Å². The molecule has 0 aliphatic carbocycles. The van der Waals surface area contributed by atoms with Crippen molar-refractivity contribution in [2.75, 3.05) is 0 Å². The number of nitrogens with zero attached hydrogens (tertiary/aromatic N) is 2. The summed E-state index contributed by atoms with van der Waals surface area (Å²) in [6, 6.07) is 19.0. The fraction of sp³-hybridized carbons (Fsp3) is 0.125. The summed E-state index contributed by atoms with van der Waals surface area (Å²) < 4.78 is 24.8. The maximum Gasteiger partial charge on any atom is 0.224 e. The number of benzene rings is 2. The van der Waals surface area contributed by atoms with Crippen LogP contribution in [0.15, 0.2) is 83.5 Å². The van der Waals surface area contributed by atoms with Crippen molar-refractivity contribution < 1.29 is 18.3 Å². The lowest BCUT2D eigenvalue weighted by Crippen LogP contribution is -2.23. The van der Waals surface area contributed by atoms with Gasteiger partial charge in [-0.25, -0.2) is 14.4 Å². The lowest BCUT2D eigenvalue weighted by molar-refractivity contribution is -0.121. The molecule has 0 radical (unpaired) electrons. The van der Waals surface area contributed by atoms with Gasteiger partial charge in [-0.3, -0.25) is 4.79 Å². The quantitative estimate of drug-likeness (QED) is 0.440. The topological polar surface area (TPSA) is 77.3 Å². The largest absolute Gasteiger partial charge is 0.441 e. The van der Waals surface area contributed by atoms with Gasteiger partial charge in [0.25, 0.3) is 0 Å². The summed E-state index contributed by atoms with van der Waals surface area (Å²) in [5, 5.41) is 2.84. The molecule has 0 bridgehead atoms. The molecule has 1 amide bonds. The Bertz CT molecular complexity index is 1160. The van der Waals surface area contributed by atoms with Crippen molar-refractivity contribution in [2.24, 2.45) is 0 Å². The monoisotopic (exact) mass is 417 g/mol. The molecule has 4 aromatic rings. The second-order valence-corrected chi connectivity index (χ2v) is 6.79. The number of carbonyl (C=O) groups excluding carboxylic acids is 1. The van der Waals surface area contributed by atoms with E-state index < -0.39 is 5.82 Å². The zero-order chi connectivity index (χ0) is 21.5. The summed E-state index contributed by atoms with van der Waals surface area (Å²) in [4.78, 5) is 20.7. The van der Waals surface area contributed by atoms with Crippen LogP contribution in [0.4, 0.5) is 4.39 Å². The first kappa shape index (κ1) is 20.3. The molecule has 0 saturated heterocycles. The smallest absolute Gasteiger partial charge is 0.224 e. The van der Waals surface area contributed by atoms with E-state index in [4.69, 9.17) is 9.15 Å². The molecule has 1 N–H and O–H groups in total. The minimum Gasteiger partial charge on any atom is -0.441 e. The summed E-state index contributed by atoms with van der Waals surface area (Å²) in [6.45, 7) is 0.234. The number of halogens is 1. The Labute approximate surface area is 178 Å². The Morgan fingerprint density at radius 2 is 1.90 bits per heavy atom. The van der Waals surface area contributed by atoms with E-state index in [0.717, 1.165) is 5.56 Å². The van der Waals surface area contributed by atoms with Crippen molar-refractivity contribution >= 4 is 5.91 Å². The van der Waals surface area contributed by atoms with Gasteiger partial charge in [-0.05, 0) is 18.2 Å². The van der Waals surface area contributed by atoms with Gasteiger partial charge in [0.15, 0.2) is 11.7 Å². The number of rotatable bonds is 8. The normalized spacial score (nSPS) is 10.6. The van der Waals surface area contributed by atoms with Gasteiger partial charge in [0.2, 0.25) is 11.8 Å². The Balaban J connectivity index is 1.31. The molecule has 0 aliphatic rings. The van der Waals surface area contributed by atoms with Crippen LogP contribution < -0.4 is 10.1 Å². The minimum absolute atomic E-state index is 0.153. The Hall–Kier alpha value is -4.00. The molecule has 2 aromatic heterocycles. The molecular weight excluding hydrogens is 397 g/mol. The van der Waals surface area contributed by atoms with Gasteiger partial charge >= 0.3 is 0 Å². The van der Waals surface area contributed by atoms with Gasteiger partial charge in [0.1, 0.15) is 11.6 Å². The minimum atomic E-state index is -0.398. The summed E-state index contributed by atoms with van der Waals surface area (Å²) in [7, 11) is 0. The predicted octanol–water partition coefficient (Wildman–Crippen LogP) is 4.92. The highest BCUT2D eigenvalue weighted by Crippen LogP contribution is 2.23. The summed E-state index contributed by atoms with van der Waals surface area (Å²) in [5.74, 6) is 1.28. The number of aryl methyl sites for hydroxylation is 1. The van der Waals surface area contributed by atoms with E-state index in [0.29, 0.717) is 35.3 Å². The average molecular weight is 417 g/mol. The third-order valence-corrected chi connectivity index (χ3v) is 4.51. The highest BCUT2D eigenvalue weighted by atomic mass is 19.1. The molecule has 0 unspecified atom stereocenters. The van der Waals surface area contributed by atoms with Gasteiger partial charge in [-0.2, -0.15) is 0 Å². The van der Waals surface area contributed by atoms with Crippen molar-refractivity contribution in [1.82, 2.24) is 15.3 Å². The van der Waals surface area contributed by atoms with Crippen LogP contribution in [-0.2, 0) is 17.8 Å². The fourth-order valence-corrected chi connectivity index (χ4v) is 2.96. The van der Waals surface area contributed by atoms with Crippen LogP contribution in [0.3, 0.4) is 0 Å². The standard InChI is InChI=1S/C24H20FN3O3/c25-19-9-4-10-20(14-19)30-24-18(8-5-13-26-24)15-27-22(29)11-12-23-28-16-21(31-23)17-6-2-1-3-7-17/h1-10,13-14,16H,11-12,15H2,(H,27,29). The van der Waals surface area contributed by atoms with Crippen molar-refractivity contribution in [3.05, 3.63) is 96.4 Å². The maximum absolute atomic E-state index is 13.4. The molecule has 7 heteroatoms. The highest BCUT2D eigenvalue weighted by molar-refractivity contribution is 5.76. The van der Waals surface area contributed by atoms with Gasteiger partial charge in [0, 0.05) is 42.8 Å². The average Bonchev–Trinajstić information content (AvgIpc) is 3.27. The Morgan fingerprint density at radius 3 is 2.74 bits per heavy atom. The molecule has 31 heavy (non-hydrogen) atoms. The number of hydrogen-bond acceptors (Lipinski definition) is 5. The first-order chi connectivity index (χ1) is 15.2. The maximum atomic E-state index is 13.4. The lowest BCUT2D eigenvalue weighted by Gasteiger charge is -2.10. The molecule has 0 fully saturated rings. The van der Waals surface area contributed by atoms with Crippen molar-refractivity contribution in [3.63, 3.8) is 0 Å². The third-order valence-electron chi connectivity index (χ3n) is 4.51. The van der Waals surface area contributed by atoms with Crippen LogP contribution in [-0.4, -0.2) is 15.9 Å². The van der Waals surface area contributed by atoms with E-state index in [1.165, 1.54) is 12.1 Å². The van der Waals surface area contributed by atoms with E-state index in [9.17, 15) is 9.18 Å². The van der Waals surface area contributed by atoms with Gasteiger partial charge in [-0.1, -0.05) is 42.5 Å². The number of aromatic nitrogens is 2. The number of oxazole rings is 1. The summed E-state index contributed by atoms with van der Waals surface area (Å²) in [6.07, 6.45) is 3.86. The van der Waals surface area contributed by atoms with Crippen LogP contribution in [0.2, 0.25) is 0 Å². The van der Waals surface area contributed by atoms with E-state index in [-0.39, 0.29) is 18.9 Å². The Kier molecular flexibility index (Phi) is 6.32. The van der Waals surface area contributed by atoms with Crippen LogP contribution >= 0.6 is 0 Å². The first-order valence-corrected chi connectivity index (χ1v) is 9.81. The molecule has 0 aliphatic heterocycles. The number of hydrogen-bond donors (Lipinski definition) is 1. The van der Waals surface area contributed by atoms with Crippen molar-refractivity contribution in [2.45, 2.75) is 19.4 Å². The van der Waals surface area contributed by atoms with Crippen molar-refractivity contribution in [3.8, 4) is 23.0 Å². The molecule has 0 atom stereocenters. The molecule has 156 valence electrons. The van der Waals surface area contributed by atoms with E-state index >= 15 is 0 Å². The SMILES string of the molecule is O=C(CCc1ncc(-c2ccccc2)o1)NCc1cccnc1Oc1cccc(F)c1. The predicted molar refractivity (Wildman–Crippen MR) is 113 cm³/mol. The number of nitrogens with one attached hydrogen (secondary N) is 1. The molecule has 2 aromatic carbocycles. The molecular formula is C24H20FN3O3. The van der Waals surface area contributed by atoms with E-state index in [1.54, 1.807) is 36.7 Å². The van der Waals surface area contributed by atoms with Crippen LogP contribution in [0.5, 0.6) is 11.6 Å². The molecule has 2 heterocycles. The fourth-order valence-electron chi connectivity index (χ4n) is 2.96. The zero-order valence-corrected chi connectivity index (χ0v) is 16.6. The number of amides is 1. The molecule has 4 rings (SSSR count). The molecule has 0 saturated carbocycles. The van der Waals surface area contributed by atoms with Gasteiger partial charge in [-0.15, -0.1) is 0 Å². The number of carbonyl (C=O) groups is 1. The molecule has 0 spiro atoms. The molecule has 6 nitrogen and oxygen atoms in total. The van der Waals surface area contributed by atoms with E-state index in [2.05, 4.69) is 15.3 Å². The highest BCUT2D eigenvalue weighted by Gasteiger charge is 2.11. The second-order valence-electron chi connectivity index (χ2n) is 6.79. The first-order valence-electron chi connectivity index (χ1n) is 9.81. The Morgan fingerprint density at radius 1 is 1.03 bits per heavy atom. The lowest BCUT2D eigenvalue weighted by atomic mass is 10.2. The second kappa shape index (κ2) is 9.67. The number of pyridine rings is 1.